The van der Waals surface area contributed by atoms with Gasteiger partial charge in [-0.25, -0.2) is 4.39 Å². The zero-order chi connectivity index (χ0) is 23.4. The number of carbonyl (C=O) groups is 2. The fraction of sp³-hybridized carbons (Fsp3) is 0.333. The molecule has 3 rings (SSSR count). The molecule has 0 aromatic heterocycles. The van der Waals surface area contributed by atoms with E-state index in [0.717, 1.165) is 6.54 Å². The molecule has 1 amide bonds. The summed E-state index contributed by atoms with van der Waals surface area (Å²) in [5.41, 5.74) is 0.0111. The van der Waals surface area contributed by atoms with Crippen molar-refractivity contribution < 1.29 is 33.5 Å². The Balaban J connectivity index is 2.14. The predicted molar refractivity (Wildman–Crippen MR) is 115 cm³/mol. The third-order valence-electron chi connectivity index (χ3n) is 5.45. The van der Waals surface area contributed by atoms with Crippen LogP contribution in [-0.4, -0.2) is 58.0 Å². The number of halogens is 1. The predicted octanol–water partition coefficient (Wildman–Crippen LogP) is 0.602. The van der Waals surface area contributed by atoms with Crippen molar-refractivity contribution in [3.05, 3.63) is 65.0 Å². The number of hydrogen-bond donors (Lipinski definition) is 1. The number of rotatable bonds is 8. The first-order valence-electron chi connectivity index (χ1n) is 10.3. The van der Waals surface area contributed by atoms with Gasteiger partial charge in [-0.3, -0.25) is 9.59 Å². The number of benzene rings is 2. The molecule has 32 heavy (non-hydrogen) atoms. The van der Waals surface area contributed by atoms with Gasteiger partial charge in [-0.1, -0.05) is 30.0 Å². The summed E-state index contributed by atoms with van der Waals surface area (Å²) in [4.78, 5) is 28.3. The zero-order valence-electron chi connectivity index (χ0n) is 18.6. The number of Topliss-reactive ketones (excluding diaryl/α,β-unsaturated/α-hetero) is 1. The van der Waals surface area contributed by atoms with Gasteiger partial charge in [0.1, 0.15) is 5.82 Å². The summed E-state index contributed by atoms with van der Waals surface area (Å²) in [5.74, 6) is -2.20. The van der Waals surface area contributed by atoms with Gasteiger partial charge in [0.25, 0.3) is 5.91 Å². The van der Waals surface area contributed by atoms with Gasteiger partial charge >= 0.3 is 0 Å². The van der Waals surface area contributed by atoms with Crippen LogP contribution in [0.1, 0.15) is 23.6 Å². The van der Waals surface area contributed by atoms with E-state index in [0.29, 0.717) is 17.9 Å². The third kappa shape index (κ3) is 4.45. The molecule has 7 nitrogen and oxygen atoms in total. The molecule has 1 N–H and O–H groups in total. The Bertz CT molecular complexity index is 1050. The summed E-state index contributed by atoms with van der Waals surface area (Å²) in [5, 5.41) is 13.4. The summed E-state index contributed by atoms with van der Waals surface area (Å²) in [6.45, 7) is 0.985. The van der Waals surface area contributed by atoms with E-state index in [4.69, 9.17) is 9.47 Å². The molecule has 0 radical (unpaired) electrons. The molecular weight excluding hydrogens is 415 g/mol. The molecule has 1 aliphatic rings. The fourth-order valence-electron chi connectivity index (χ4n) is 3.86. The number of amides is 1. The molecule has 1 heterocycles. The van der Waals surface area contributed by atoms with Crippen molar-refractivity contribution in [3.8, 4) is 11.5 Å². The molecule has 0 bridgehead atoms. The molecule has 1 atom stereocenters. The number of quaternary nitrogens is 1. The van der Waals surface area contributed by atoms with Crippen molar-refractivity contribution in [1.82, 2.24) is 4.90 Å². The Kier molecular flexibility index (Phi) is 7.15. The topological polar surface area (TPSA) is 83.3 Å². The first kappa shape index (κ1) is 23.3. The highest BCUT2D eigenvalue weighted by Crippen LogP contribution is 2.40. The normalized spacial score (nSPS) is 17.8. The Morgan fingerprint density at radius 3 is 2.41 bits per heavy atom. The van der Waals surface area contributed by atoms with Crippen LogP contribution in [-0.2, 0) is 9.59 Å². The average Bonchev–Trinajstić information content (AvgIpc) is 3.03. The largest absolute Gasteiger partial charge is 0.872 e. The van der Waals surface area contributed by atoms with E-state index in [1.807, 2.05) is 14.1 Å². The minimum atomic E-state index is -1.09. The van der Waals surface area contributed by atoms with Crippen LogP contribution in [0.5, 0.6) is 11.5 Å². The average molecular weight is 442 g/mol. The van der Waals surface area contributed by atoms with E-state index in [1.165, 1.54) is 54.4 Å². The van der Waals surface area contributed by atoms with Crippen LogP contribution >= 0.6 is 0 Å². The van der Waals surface area contributed by atoms with E-state index < -0.39 is 29.3 Å². The van der Waals surface area contributed by atoms with Gasteiger partial charge < -0.3 is 24.4 Å². The molecule has 2 aromatic carbocycles. The Morgan fingerprint density at radius 1 is 1.09 bits per heavy atom. The van der Waals surface area contributed by atoms with Crippen LogP contribution < -0.4 is 19.5 Å². The number of likely N-dealkylation sites (tertiary alicyclic amines) is 1. The fourth-order valence-corrected chi connectivity index (χ4v) is 3.86. The molecule has 0 aliphatic carbocycles. The highest BCUT2D eigenvalue weighted by Gasteiger charge is 2.44. The molecule has 1 saturated heterocycles. The second-order valence-electron chi connectivity index (χ2n) is 7.87. The van der Waals surface area contributed by atoms with Gasteiger partial charge in [-0.05, 0) is 23.8 Å². The van der Waals surface area contributed by atoms with Gasteiger partial charge in [0, 0.05) is 24.1 Å². The standard InChI is InChI=1S/C24H27FN2O5/c1-26(2)12-7-13-27-21(16-8-5-6-9-17(16)25)20(23(29)24(27)30)22(28)15-10-11-18(31-3)19(14-15)32-4/h5-6,8-11,14,21,28H,7,12-13H2,1-4H3/b22-20+. The molecule has 1 fully saturated rings. The molecule has 0 saturated carbocycles. The van der Waals surface area contributed by atoms with Crippen molar-refractivity contribution in [2.45, 2.75) is 12.5 Å². The van der Waals surface area contributed by atoms with Crippen molar-refractivity contribution in [3.63, 3.8) is 0 Å². The smallest absolute Gasteiger partial charge is 0.295 e. The van der Waals surface area contributed by atoms with Gasteiger partial charge in [-0.15, -0.1) is 0 Å². The van der Waals surface area contributed by atoms with Crippen molar-refractivity contribution in [1.29, 1.82) is 0 Å². The van der Waals surface area contributed by atoms with E-state index >= 15 is 0 Å². The first-order valence-corrected chi connectivity index (χ1v) is 10.3. The van der Waals surface area contributed by atoms with Crippen LogP contribution in [0.3, 0.4) is 0 Å². The number of ketones is 1. The molecule has 8 heteroatoms. The summed E-state index contributed by atoms with van der Waals surface area (Å²) in [6.07, 6.45) is 0.601. The van der Waals surface area contributed by atoms with E-state index in [9.17, 15) is 19.1 Å². The maximum Gasteiger partial charge on any atom is 0.295 e. The minimum Gasteiger partial charge on any atom is -0.872 e. The number of nitrogens with one attached hydrogen (secondary N) is 1. The number of hydrogen-bond acceptors (Lipinski definition) is 5. The lowest BCUT2D eigenvalue weighted by molar-refractivity contribution is -0.858. The zero-order valence-corrected chi connectivity index (χ0v) is 18.6. The quantitative estimate of drug-likeness (QED) is 0.368. The number of carbonyl (C=O) groups excluding carboxylic acids is 2. The van der Waals surface area contributed by atoms with Crippen LogP contribution in [0, 0.1) is 5.82 Å². The Labute approximate surface area is 186 Å². The van der Waals surface area contributed by atoms with E-state index in [2.05, 4.69) is 0 Å². The van der Waals surface area contributed by atoms with Crippen LogP contribution in [0.25, 0.3) is 5.76 Å². The van der Waals surface area contributed by atoms with Crippen molar-refractivity contribution in [2.75, 3.05) is 41.4 Å². The summed E-state index contributed by atoms with van der Waals surface area (Å²) >= 11 is 0. The second-order valence-corrected chi connectivity index (χ2v) is 7.87. The SMILES string of the molecule is COc1ccc(/C([O-])=C2\C(=O)C(=O)N(CCC[NH+](C)C)C2c2ccccc2F)cc1OC. The molecule has 170 valence electrons. The lowest BCUT2D eigenvalue weighted by atomic mass is 9.94. The Morgan fingerprint density at radius 2 is 1.78 bits per heavy atom. The maximum absolute atomic E-state index is 14.8. The molecular formula is C24H27FN2O5. The lowest BCUT2D eigenvalue weighted by Crippen LogP contribution is -3.05. The van der Waals surface area contributed by atoms with Crippen molar-refractivity contribution >= 4 is 17.4 Å². The second kappa shape index (κ2) is 9.82. The number of nitrogens with zero attached hydrogens (tertiary/aromatic N) is 1. The molecule has 1 unspecified atom stereocenters. The van der Waals surface area contributed by atoms with Gasteiger partial charge in [0.2, 0.25) is 5.78 Å². The maximum atomic E-state index is 14.8. The van der Waals surface area contributed by atoms with Gasteiger partial charge in [0.15, 0.2) is 11.5 Å². The highest BCUT2D eigenvalue weighted by molar-refractivity contribution is 6.46. The van der Waals surface area contributed by atoms with Crippen LogP contribution in [0.2, 0.25) is 0 Å². The minimum absolute atomic E-state index is 0.118. The summed E-state index contributed by atoms with van der Waals surface area (Å²) in [7, 11) is 6.85. The highest BCUT2D eigenvalue weighted by atomic mass is 19.1. The molecule has 0 spiro atoms. The third-order valence-corrected chi connectivity index (χ3v) is 5.45. The van der Waals surface area contributed by atoms with Gasteiger partial charge in [0.05, 0.1) is 40.9 Å². The van der Waals surface area contributed by atoms with Crippen molar-refractivity contribution in [2.24, 2.45) is 0 Å². The first-order chi connectivity index (χ1) is 15.3. The monoisotopic (exact) mass is 442 g/mol. The van der Waals surface area contributed by atoms with E-state index in [1.54, 1.807) is 12.1 Å². The number of ether oxygens (including phenoxy) is 2. The van der Waals surface area contributed by atoms with Crippen LogP contribution in [0.15, 0.2) is 48.0 Å². The van der Waals surface area contributed by atoms with Gasteiger partial charge in [-0.2, -0.15) is 0 Å². The van der Waals surface area contributed by atoms with E-state index in [-0.39, 0.29) is 23.2 Å². The van der Waals surface area contributed by atoms with Crippen LogP contribution in [0.4, 0.5) is 4.39 Å². The number of methoxy groups -OCH3 is 2. The Hall–Kier alpha value is -3.39. The summed E-state index contributed by atoms with van der Waals surface area (Å²) < 4.78 is 25.2. The molecule has 1 aliphatic heterocycles. The molecule has 2 aromatic rings. The lowest BCUT2D eigenvalue weighted by Gasteiger charge is -2.28. The summed E-state index contributed by atoms with van der Waals surface area (Å²) in [6, 6.07) is 9.28.